The van der Waals surface area contributed by atoms with Crippen molar-refractivity contribution in [1.29, 1.82) is 0 Å². The standard InChI is InChI=1S/C29H50O4/c1-20(2)12-9-13-21(3)14-10-15-22(4)16-11-18-27(6,32)19-17-24-23(5)25(30)28(7)29(8,33-28)26(24)31/h20-22,32H,9-19H2,1-8H3/t21-,22-,27-,28?,29?/m1/s1. The Kier molecular flexibility index (Phi) is 9.55. The first-order valence-corrected chi connectivity index (χ1v) is 13.5. The molecule has 0 radical (unpaired) electrons. The molecule has 2 unspecified atom stereocenters. The molecule has 1 N–H and O–H groups in total. The van der Waals surface area contributed by atoms with Crippen LogP contribution in [0.5, 0.6) is 0 Å². The Labute approximate surface area is 202 Å². The molecule has 1 saturated heterocycles. The Hall–Kier alpha value is -1.00. The zero-order chi connectivity index (χ0) is 25.0. The Morgan fingerprint density at radius 2 is 1.30 bits per heavy atom. The molecule has 4 nitrogen and oxygen atoms in total. The maximum absolute atomic E-state index is 12.9. The van der Waals surface area contributed by atoms with Crippen molar-refractivity contribution in [3.8, 4) is 0 Å². The Balaban J connectivity index is 1.68. The van der Waals surface area contributed by atoms with Gasteiger partial charge >= 0.3 is 0 Å². The van der Waals surface area contributed by atoms with E-state index in [1.165, 1.54) is 38.5 Å². The van der Waals surface area contributed by atoms with E-state index >= 15 is 0 Å². The summed E-state index contributed by atoms with van der Waals surface area (Å²) in [5.41, 5.74) is -1.75. The number of epoxide rings is 1. The van der Waals surface area contributed by atoms with E-state index in [1.807, 2.05) is 6.92 Å². The van der Waals surface area contributed by atoms with Gasteiger partial charge in [0.05, 0.1) is 5.60 Å². The molecule has 0 aromatic rings. The van der Waals surface area contributed by atoms with Gasteiger partial charge < -0.3 is 9.84 Å². The second-order valence-electron chi connectivity index (χ2n) is 12.3. The first-order chi connectivity index (χ1) is 15.2. The van der Waals surface area contributed by atoms with Crippen LogP contribution in [0.25, 0.3) is 0 Å². The molecule has 0 saturated carbocycles. The second kappa shape index (κ2) is 11.2. The van der Waals surface area contributed by atoms with Crippen LogP contribution in [-0.4, -0.2) is 33.5 Å². The number of carbonyl (C=O) groups is 2. The molecule has 190 valence electrons. The van der Waals surface area contributed by atoms with Crippen molar-refractivity contribution in [1.82, 2.24) is 0 Å². The van der Waals surface area contributed by atoms with Crippen molar-refractivity contribution in [3.63, 3.8) is 0 Å². The molecule has 1 aliphatic heterocycles. The Morgan fingerprint density at radius 3 is 1.85 bits per heavy atom. The minimum Gasteiger partial charge on any atom is -0.390 e. The quantitative estimate of drug-likeness (QED) is 0.267. The number of hydrogen-bond donors (Lipinski definition) is 1. The van der Waals surface area contributed by atoms with Crippen LogP contribution >= 0.6 is 0 Å². The molecule has 0 amide bonds. The largest absolute Gasteiger partial charge is 0.390 e. The van der Waals surface area contributed by atoms with E-state index in [0.717, 1.165) is 31.1 Å². The summed E-state index contributed by atoms with van der Waals surface area (Å²) in [5, 5.41) is 10.9. The van der Waals surface area contributed by atoms with Crippen molar-refractivity contribution in [3.05, 3.63) is 11.1 Å². The molecule has 2 rings (SSSR count). The van der Waals surface area contributed by atoms with Crippen molar-refractivity contribution in [2.75, 3.05) is 0 Å². The van der Waals surface area contributed by atoms with Crippen LogP contribution in [0.4, 0.5) is 0 Å². The van der Waals surface area contributed by atoms with Gasteiger partial charge in [-0.25, -0.2) is 0 Å². The Morgan fingerprint density at radius 1 is 0.818 bits per heavy atom. The number of hydrogen-bond acceptors (Lipinski definition) is 4. The third-order valence-corrected chi connectivity index (χ3v) is 8.41. The fraction of sp³-hybridized carbons (Fsp3) is 0.862. The zero-order valence-electron chi connectivity index (χ0n) is 22.7. The van der Waals surface area contributed by atoms with E-state index < -0.39 is 16.8 Å². The summed E-state index contributed by atoms with van der Waals surface area (Å²) in [5.74, 6) is 2.15. The van der Waals surface area contributed by atoms with Gasteiger partial charge in [-0.3, -0.25) is 9.59 Å². The first-order valence-electron chi connectivity index (χ1n) is 13.5. The van der Waals surface area contributed by atoms with Gasteiger partial charge in [0.15, 0.2) is 22.8 Å². The van der Waals surface area contributed by atoms with E-state index in [-0.39, 0.29) is 11.6 Å². The maximum Gasteiger partial charge on any atom is 0.194 e. The van der Waals surface area contributed by atoms with Crippen LogP contribution in [0.3, 0.4) is 0 Å². The molecule has 4 heteroatoms. The molecule has 1 fully saturated rings. The fourth-order valence-electron chi connectivity index (χ4n) is 5.49. The predicted octanol–water partition coefficient (Wildman–Crippen LogP) is 6.97. The summed E-state index contributed by atoms with van der Waals surface area (Å²) in [6.45, 7) is 16.3. The lowest BCUT2D eigenvalue weighted by atomic mass is 9.74. The number of ether oxygens (including phenoxy) is 1. The zero-order valence-corrected chi connectivity index (χ0v) is 22.7. The highest BCUT2D eigenvalue weighted by atomic mass is 16.6. The summed E-state index contributed by atoms with van der Waals surface area (Å²) >= 11 is 0. The normalized spacial score (nSPS) is 28.7. The van der Waals surface area contributed by atoms with E-state index in [0.29, 0.717) is 29.9 Å². The number of fused-ring (bicyclic) bond motifs is 1. The van der Waals surface area contributed by atoms with Gasteiger partial charge in [0.1, 0.15) is 0 Å². The molecule has 2 aliphatic rings. The summed E-state index contributed by atoms with van der Waals surface area (Å²) < 4.78 is 5.57. The Bertz CT molecular complexity index is 734. The average molecular weight is 463 g/mol. The van der Waals surface area contributed by atoms with Gasteiger partial charge in [-0.1, -0.05) is 79.1 Å². The van der Waals surface area contributed by atoms with Gasteiger partial charge in [-0.05, 0) is 64.7 Å². The van der Waals surface area contributed by atoms with Crippen LogP contribution in [-0.2, 0) is 14.3 Å². The number of carbonyl (C=O) groups excluding carboxylic acids is 2. The lowest BCUT2D eigenvalue weighted by molar-refractivity contribution is -0.124. The number of aliphatic hydroxyl groups is 1. The summed E-state index contributed by atoms with van der Waals surface area (Å²) in [6.07, 6.45) is 11.7. The van der Waals surface area contributed by atoms with E-state index in [2.05, 4.69) is 27.7 Å². The predicted molar refractivity (Wildman–Crippen MR) is 135 cm³/mol. The third-order valence-electron chi connectivity index (χ3n) is 8.41. The fourth-order valence-corrected chi connectivity index (χ4v) is 5.49. The number of ketones is 2. The molecule has 5 atom stereocenters. The molecular formula is C29H50O4. The van der Waals surface area contributed by atoms with Crippen LogP contribution in [0.1, 0.15) is 126 Å². The molecule has 0 spiro atoms. The smallest absolute Gasteiger partial charge is 0.194 e. The molecule has 1 aliphatic carbocycles. The van der Waals surface area contributed by atoms with E-state index in [1.54, 1.807) is 20.8 Å². The van der Waals surface area contributed by atoms with E-state index in [4.69, 9.17) is 4.74 Å². The highest BCUT2D eigenvalue weighted by molar-refractivity contribution is 6.22. The maximum atomic E-state index is 12.9. The summed E-state index contributed by atoms with van der Waals surface area (Å²) in [4.78, 5) is 25.5. The number of rotatable bonds is 15. The highest BCUT2D eigenvalue weighted by Crippen LogP contribution is 2.55. The molecule has 1 heterocycles. The van der Waals surface area contributed by atoms with Crippen LogP contribution in [0.2, 0.25) is 0 Å². The van der Waals surface area contributed by atoms with Crippen molar-refractivity contribution in [2.45, 2.75) is 143 Å². The number of Topliss-reactive ketones (excluding diaryl/α,β-unsaturated/α-hetero) is 2. The third kappa shape index (κ3) is 7.01. The molecule has 0 aromatic carbocycles. The first kappa shape index (κ1) is 28.2. The molecular weight excluding hydrogens is 412 g/mol. The molecule has 33 heavy (non-hydrogen) atoms. The van der Waals surface area contributed by atoms with Crippen LogP contribution in [0, 0.1) is 17.8 Å². The topological polar surface area (TPSA) is 66.9 Å². The average Bonchev–Trinajstić information content (AvgIpc) is 3.30. The van der Waals surface area contributed by atoms with Crippen LogP contribution in [0.15, 0.2) is 11.1 Å². The van der Waals surface area contributed by atoms with Gasteiger partial charge in [0, 0.05) is 11.1 Å². The lowest BCUT2D eigenvalue weighted by Crippen LogP contribution is -2.42. The second-order valence-corrected chi connectivity index (χ2v) is 12.3. The molecule has 0 aromatic heterocycles. The minimum absolute atomic E-state index is 0.0787. The van der Waals surface area contributed by atoms with Crippen molar-refractivity contribution < 1.29 is 19.4 Å². The van der Waals surface area contributed by atoms with Gasteiger partial charge in [0.25, 0.3) is 0 Å². The van der Waals surface area contributed by atoms with Crippen LogP contribution < -0.4 is 0 Å². The highest BCUT2D eigenvalue weighted by Gasteiger charge is 2.75. The minimum atomic E-state index is -1.01. The van der Waals surface area contributed by atoms with Gasteiger partial charge in [0.2, 0.25) is 0 Å². The van der Waals surface area contributed by atoms with Crippen molar-refractivity contribution >= 4 is 11.6 Å². The van der Waals surface area contributed by atoms with Gasteiger partial charge in [-0.2, -0.15) is 0 Å². The summed E-state index contributed by atoms with van der Waals surface area (Å²) in [7, 11) is 0. The molecule has 0 bridgehead atoms. The SMILES string of the molecule is CC1=C(CC[C@](C)(O)CCC[C@H](C)CCC[C@H](C)CCCC(C)C)C(=O)C2(C)OC2(C)C1=O. The summed E-state index contributed by atoms with van der Waals surface area (Å²) in [6, 6.07) is 0. The lowest BCUT2D eigenvalue weighted by Gasteiger charge is -2.27. The van der Waals surface area contributed by atoms with Crippen molar-refractivity contribution in [2.24, 2.45) is 17.8 Å². The monoisotopic (exact) mass is 462 g/mol. The van der Waals surface area contributed by atoms with Gasteiger partial charge in [-0.15, -0.1) is 0 Å². The van der Waals surface area contributed by atoms with E-state index in [9.17, 15) is 14.7 Å².